The predicted octanol–water partition coefficient (Wildman–Crippen LogP) is -0.223. The minimum atomic E-state index is -4.39. The number of rotatable bonds is 11. The number of nitrogens with one attached hydrogen (secondary N) is 2. The zero-order chi connectivity index (χ0) is 26.3. The van der Waals surface area contributed by atoms with E-state index in [2.05, 4.69) is 4.72 Å². The second kappa shape index (κ2) is 11.7. The van der Waals surface area contributed by atoms with Crippen LogP contribution in [-0.4, -0.2) is 65.9 Å². The van der Waals surface area contributed by atoms with Crippen LogP contribution in [0, 0.1) is 17.0 Å². The van der Waals surface area contributed by atoms with Gasteiger partial charge in [-0.3, -0.25) is 34.0 Å². The standard InChI is InChI=1S/C19H22ClN5O9S/c1-3-34-17(27)11-23(16(26)10-24-9-12(2)18(28)22-19(24)29)7-6-21-35(32,33)15-5-4-13(20)8-14(15)25(30)31/h4-5,8-9,21H,3,6-7,10-11H2,1-2H3,(H,22,28,29). The number of hydrogen-bond donors (Lipinski definition) is 2. The molecule has 0 aliphatic carbocycles. The fraction of sp³-hybridized carbons (Fsp3) is 0.368. The van der Waals surface area contributed by atoms with Crippen LogP contribution in [0.25, 0.3) is 0 Å². The van der Waals surface area contributed by atoms with Crippen LogP contribution in [0.1, 0.15) is 12.5 Å². The zero-order valence-corrected chi connectivity index (χ0v) is 20.2. The van der Waals surface area contributed by atoms with Gasteiger partial charge in [0.2, 0.25) is 15.9 Å². The Bertz CT molecular complexity index is 1350. The van der Waals surface area contributed by atoms with Crippen LogP contribution in [0.5, 0.6) is 0 Å². The van der Waals surface area contributed by atoms with Gasteiger partial charge < -0.3 is 9.64 Å². The number of esters is 1. The van der Waals surface area contributed by atoms with Gasteiger partial charge in [0.15, 0.2) is 4.90 Å². The second-order valence-corrected chi connectivity index (χ2v) is 9.26. The lowest BCUT2D eigenvalue weighted by molar-refractivity contribution is -0.387. The van der Waals surface area contributed by atoms with Gasteiger partial charge in [0.05, 0.1) is 11.5 Å². The van der Waals surface area contributed by atoms with Crippen LogP contribution in [0.3, 0.4) is 0 Å². The summed E-state index contributed by atoms with van der Waals surface area (Å²) in [6.45, 7) is 1.16. The number of ether oxygens (including phenoxy) is 1. The minimum Gasteiger partial charge on any atom is -0.465 e. The average Bonchev–Trinajstić information content (AvgIpc) is 2.76. The highest BCUT2D eigenvalue weighted by Gasteiger charge is 2.27. The summed E-state index contributed by atoms with van der Waals surface area (Å²) in [6.07, 6.45) is 1.17. The number of nitro benzene ring substituents is 1. The van der Waals surface area contributed by atoms with E-state index in [9.17, 15) is 37.7 Å². The molecule has 2 rings (SSSR count). The molecule has 0 aliphatic heterocycles. The molecule has 2 aromatic rings. The molecule has 190 valence electrons. The van der Waals surface area contributed by atoms with Gasteiger partial charge >= 0.3 is 11.7 Å². The molecule has 0 unspecified atom stereocenters. The monoisotopic (exact) mass is 531 g/mol. The van der Waals surface area contributed by atoms with Crippen molar-refractivity contribution in [3.63, 3.8) is 0 Å². The summed E-state index contributed by atoms with van der Waals surface area (Å²) in [5.74, 6) is -1.52. The Morgan fingerprint density at radius 2 is 2.00 bits per heavy atom. The fourth-order valence-electron chi connectivity index (χ4n) is 2.89. The average molecular weight is 532 g/mol. The van der Waals surface area contributed by atoms with Gasteiger partial charge in [-0.15, -0.1) is 0 Å². The molecule has 1 heterocycles. The lowest BCUT2D eigenvalue weighted by Gasteiger charge is -2.22. The summed E-state index contributed by atoms with van der Waals surface area (Å²) >= 11 is 5.71. The maximum atomic E-state index is 12.8. The second-order valence-electron chi connectivity index (χ2n) is 7.09. The first-order valence-corrected chi connectivity index (χ1v) is 11.9. The van der Waals surface area contributed by atoms with E-state index in [1.54, 1.807) is 6.92 Å². The third kappa shape index (κ3) is 7.46. The Hall–Kier alpha value is -3.56. The Kier molecular flexibility index (Phi) is 9.27. The third-order valence-electron chi connectivity index (χ3n) is 4.55. The van der Waals surface area contributed by atoms with Crippen molar-refractivity contribution in [2.45, 2.75) is 25.3 Å². The Balaban J connectivity index is 2.21. The van der Waals surface area contributed by atoms with Crippen molar-refractivity contribution in [3.8, 4) is 0 Å². The molecule has 1 aromatic heterocycles. The van der Waals surface area contributed by atoms with Crippen LogP contribution >= 0.6 is 11.6 Å². The fourth-order valence-corrected chi connectivity index (χ4v) is 4.23. The summed E-state index contributed by atoms with van der Waals surface area (Å²) in [7, 11) is -4.39. The number of aryl methyl sites for hydroxylation is 1. The number of sulfonamides is 1. The van der Waals surface area contributed by atoms with Gasteiger partial charge in [0.25, 0.3) is 11.2 Å². The summed E-state index contributed by atoms with van der Waals surface area (Å²) in [5.41, 5.74) is -2.03. The van der Waals surface area contributed by atoms with Crippen LogP contribution in [-0.2, 0) is 30.9 Å². The Morgan fingerprint density at radius 1 is 1.31 bits per heavy atom. The number of benzene rings is 1. The van der Waals surface area contributed by atoms with Crippen molar-refractivity contribution in [1.82, 2.24) is 19.2 Å². The molecular weight excluding hydrogens is 510 g/mol. The van der Waals surface area contributed by atoms with Crippen molar-refractivity contribution in [2.24, 2.45) is 0 Å². The van der Waals surface area contributed by atoms with Gasteiger partial charge in [-0.05, 0) is 26.0 Å². The highest BCUT2D eigenvalue weighted by atomic mass is 35.5. The van der Waals surface area contributed by atoms with E-state index in [1.165, 1.54) is 19.2 Å². The molecule has 16 heteroatoms. The molecule has 0 saturated heterocycles. The molecule has 0 saturated carbocycles. The number of hydrogen-bond acceptors (Lipinski definition) is 9. The number of carbonyl (C=O) groups excluding carboxylic acids is 2. The topological polar surface area (TPSA) is 191 Å². The van der Waals surface area contributed by atoms with E-state index >= 15 is 0 Å². The Morgan fingerprint density at radius 3 is 2.63 bits per heavy atom. The van der Waals surface area contributed by atoms with E-state index in [0.29, 0.717) is 0 Å². The van der Waals surface area contributed by atoms with Crippen LogP contribution < -0.4 is 16.0 Å². The molecule has 1 amide bonds. The lowest BCUT2D eigenvalue weighted by Crippen LogP contribution is -2.44. The minimum absolute atomic E-state index is 0.0328. The number of carbonyl (C=O) groups is 2. The molecule has 0 bridgehead atoms. The van der Waals surface area contributed by atoms with Gasteiger partial charge in [0, 0.05) is 35.9 Å². The van der Waals surface area contributed by atoms with Crippen LogP contribution in [0.15, 0.2) is 38.9 Å². The number of nitro groups is 1. The van der Waals surface area contributed by atoms with E-state index in [-0.39, 0.29) is 23.7 Å². The quantitative estimate of drug-likeness (QED) is 0.224. The smallest absolute Gasteiger partial charge is 0.328 e. The van der Waals surface area contributed by atoms with E-state index in [0.717, 1.165) is 21.6 Å². The van der Waals surface area contributed by atoms with E-state index < -0.39 is 68.3 Å². The summed E-state index contributed by atoms with van der Waals surface area (Å²) in [5, 5.41) is 11.2. The zero-order valence-electron chi connectivity index (χ0n) is 18.6. The van der Waals surface area contributed by atoms with Crippen molar-refractivity contribution in [3.05, 3.63) is 65.9 Å². The van der Waals surface area contributed by atoms with E-state index in [1.807, 2.05) is 4.98 Å². The molecule has 35 heavy (non-hydrogen) atoms. The maximum Gasteiger partial charge on any atom is 0.328 e. The maximum absolute atomic E-state index is 12.8. The van der Waals surface area contributed by atoms with Crippen molar-refractivity contribution < 1.29 is 27.7 Å². The first kappa shape index (κ1) is 27.7. The highest BCUT2D eigenvalue weighted by Crippen LogP contribution is 2.26. The molecule has 0 spiro atoms. The third-order valence-corrected chi connectivity index (χ3v) is 6.30. The number of aromatic nitrogens is 2. The van der Waals surface area contributed by atoms with Gasteiger partial charge in [-0.25, -0.2) is 17.9 Å². The molecule has 0 radical (unpaired) electrons. The molecule has 0 aliphatic rings. The SMILES string of the molecule is CCOC(=O)CN(CCNS(=O)(=O)c1ccc(Cl)cc1[N+](=O)[O-])C(=O)Cn1cc(C)c(=O)[nH]c1=O. The Labute approximate surface area is 203 Å². The highest BCUT2D eigenvalue weighted by molar-refractivity contribution is 7.89. The first-order valence-electron chi connectivity index (χ1n) is 10.0. The largest absolute Gasteiger partial charge is 0.465 e. The normalized spacial score (nSPS) is 11.2. The molecule has 0 atom stereocenters. The number of nitrogens with zero attached hydrogens (tertiary/aromatic N) is 3. The summed E-state index contributed by atoms with van der Waals surface area (Å²) in [4.78, 5) is 60.9. The van der Waals surface area contributed by atoms with Crippen LogP contribution in [0.4, 0.5) is 5.69 Å². The van der Waals surface area contributed by atoms with Crippen molar-refractivity contribution in [1.29, 1.82) is 0 Å². The van der Waals surface area contributed by atoms with E-state index in [4.69, 9.17) is 16.3 Å². The number of halogens is 1. The first-order chi connectivity index (χ1) is 16.4. The summed E-state index contributed by atoms with van der Waals surface area (Å²) < 4.78 is 33.1. The number of amides is 1. The van der Waals surface area contributed by atoms with Crippen LogP contribution in [0.2, 0.25) is 5.02 Å². The van der Waals surface area contributed by atoms with Crippen molar-refractivity contribution in [2.75, 3.05) is 26.2 Å². The summed E-state index contributed by atoms with van der Waals surface area (Å²) in [6, 6.07) is 3.02. The molecular formula is C19H22ClN5O9S. The molecule has 0 fully saturated rings. The predicted molar refractivity (Wildman–Crippen MR) is 123 cm³/mol. The number of aromatic amines is 1. The lowest BCUT2D eigenvalue weighted by atomic mass is 10.3. The molecule has 1 aromatic carbocycles. The molecule has 2 N–H and O–H groups in total. The van der Waals surface area contributed by atoms with Gasteiger partial charge in [-0.2, -0.15) is 0 Å². The number of H-pyrrole nitrogens is 1. The van der Waals surface area contributed by atoms with Gasteiger partial charge in [0.1, 0.15) is 13.1 Å². The van der Waals surface area contributed by atoms with Gasteiger partial charge in [-0.1, -0.05) is 11.6 Å². The van der Waals surface area contributed by atoms with Crippen molar-refractivity contribution >= 4 is 39.2 Å². The molecule has 14 nitrogen and oxygen atoms in total.